The summed E-state index contributed by atoms with van der Waals surface area (Å²) in [5, 5.41) is 0. The van der Waals surface area contributed by atoms with Gasteiger partial charge < -0.3 is 9.64 Å². The van der Waals surface area contributed by atoms with Gasteiger partial charge in [0.1, 0.15) is 0 Å². The molecule has 0 aromatic rings. The second kappa shape index (κ2) is 8.88. The van der Waals surface area contributed by atoms with Crippen molar-refractivity contribution >= 4 is 5.91 Å². The minimum absolute atomic E-state index is 0.206. The summed E-state index contributed by atoms with van der Waals surface area (Å²) < 4.78 is 5.87. The van der Waals surface area contributed by atoms with Gasteiger partial charge in [0.15, 0.2) is 0 Å². The maximum Gasteiger partial charge on any atom is 0.227 e. The molecule has 0 bridgehead atoms. The van der Waals surface area contributed by atoms with Gasteiger partial charge in [0.05, 0.1) is 12.7 Å². The lowest BCUT2D eigenvalue weighted by Gasteiger charge is -2.34. The average molecular weight is 312 g/mol. The highest BCUT2D eigenvalue weighted by molar-refractivity contribution is 5.81. The van der Waals surface area contributed by atoms with Crippen LogP contribution in [0.15, 0.2) is 0 Å². The van der Waals surface area contributed by atoms with Gasteiger partial charge in [0.2, 0.25) is 5.91 Å². The zero-order valence-electron chi connectivity index (χ0n) is 15.5. The third kappa shape index (κ3) is 7.10. The minimum Gasteiger partial charge on any atom is -0.375 e. The van der Waals surface area contributed by atoms with Crippen LogP contribution in [0.5, 0.6) is 0 Å². The van der Waals surface area contributed by atoms with E-state index >= 15 is 0 Å². The van der Waals surface area contributed by atoms with E-state index in [1.807, 2.05) is 32.7 Å². The van der Waals surface area contributed by atoms with E-state index in [1.54, 1.807) is 0 Å². The van der Waals surface area contributed by atoms with Crippen molar-refractivity contribution in [2.45, 2.75) is 60.0 Å². The summed E-state index contributed by atoms with van der Waals surface area (Å²) in [5.41, 5.74) is -0.301. The molecule has 1 fully saturated rings. The van der Waals surface area contributed by atoms with Crippen LogP contribution in [-0.2, 0) is 9.53 Å². The predicted molar refractivity (Wildman–Crippen MR) is 92.0 cm³/mol. The lowest BCUT2D eigenvalue weighted by Crippen LogP contribution is -2.45. The summed E-state index contributed by atoms with van der Waals surface area (Å²) in [4.78, 5) is 16.5. The largest absolute Gasteiger partial charge is 0.375 e. The monoisotopic (exact) mass is 312 g/mol. The molecule has 0 aliphatic carbocycles. The Morgan fingerprint density at radius 3 is 2.64 bits per heavy atom. The highest BCUT2D eigenvalue weighted by atomic mass is 16.5. The molecule has 1 saturated heterocycles. The molecule has 4 heteroatoms. The predicted octanol–water partition coefficient (Wildman–Crippen LogP) is 3.02. The summed E-state index contributed by atoms with van der Waals surface area (Å²) in [6.07, 6.45) is 3.76. The van der Waals surface area contributed by atoms with Crippen LogP contribution in [-0.4, -0.2) is 61.6 Å². The number of nitrogens with zero attached hydrogens (tertiary/aromatic N) is 2. The Morgan fingerprint density at radius 1 is 1.36 bits per heavy atom. The SMILES string of the molecule is CC(C)CCCN1CCO[C@H](CCN(C)C(=O)C(C)(C)C)C1. The number of hydrogen-bond acceptors (Lipinski definition) is 3. The third-order valence-electron chi connectivity index (χ3n) is 4.25. The Labute approximate surface area is 137 Å². The molecule has 0 aromatic carbocycles. The number of amides is 1. The number of carbonyl (C=O) groups excluding carboxylic acids is 1. The Kier molecular flexibility index (Phi) is 7.84. The Balaban J connectivity index is 2.29. The van der Waals surface area contributed by atoms with Crippen molar-refractivity contribution in [3.8, 4) is 0 Å². The van der Waals surface area contributed by atoms with E-state index in [4.69, 9.17) is 4.74 Å². The summed E-state index contributed by atoms with van der Waals surface area (Å²) in [6.45, 7) is 15.3. The maximum absolute atomic E-state index is 12.2. The lowest BCUT2D eigenvalue weighted by atomic mass is 9.95. The molecule has 0 radical (unpaired) electrons. The number of rotatable bonds is 7. The van der Waals surface area contributed by atoms with Gasteiger partial charge >= 0.3 is 0 Å². The zero-order valence-corrected chi connectivity index (χ0v) is 15.5. The van der Waals surface area contributed by atoms with Crippen molar-refractivity contribution in [3.05, 3.63) is 0 Å². The molecule has 1 aliphatic heterocycles. The molecule has 0 aromatic heterocycles. The van der Waals surface area contributed by atoms with Gasteiger partial charge in [0, 0.05) is 32.1 Å². The standard InChI is InChI=1S/C18H36N2O2/c1-15(2)8-7-10-20-12-13-22-16(14-20)9-11-19(6)17(21)18(3,4)5/h15-16H,7-14H2,1-6H3/t16-/m1/s1. The van der Waals surface area contributed by atoms with E-state index in [2.05, 4.69) is 18.7 Å². The van der Waals surface area contributed by atoms with Crippen LogP contribution in [0, 0.1) is 11.3 Å². The van der Waals surface area contributed by atoms with Gasteiger partial charge in [-0.1, -0.05) is 34.6 Å². The summed E-state index contributed by atoms with van der Waals surface area (Å²) >= 11 is 0. The van der Waals surface area contributed by atoms with Crippen LogP contribution in [0.4, 0.5) is 0 Å². The van der Waals surface area contributed by atoms with E-state index in [1.165, 1.54) is 19.4 Å². The van der Waals surface area contributed by atoms with Gasteiger partial charge in [0.25, 0.3) is 0 Å². The second-order valence-corrected chi connectivity index (χ2v) is 8.09. The van der Waals surface area contributed by atoms with Gasteiger partial charge in [-0.25, -0.2) is 0 Å². The zero-order chi connectivity index (χ0) is 16.8. The van der Waals surface area contributed by atoms with Crippen molar-refractivity contribution in [1.82, 2.24) is 9.80 Å². The molecule has 0 N–H and O–H groups in total. The van der Waals surface area contributed by atoms with Crippen molar-refractivity contribution in [1.29, 1.82) is 0 Å². The number of carbonyl (C=O) groups is 1. The number of ether oxygens (including phenoxy) is 1. The van der Waals surface area contributed by atoms with Crippen LogP contribution in [0.2, 0.25) is 0 Å². The molecular formula is C18H36N2O2. The molecule has 1 amide bonds. The second-order valence-electron chi connectivity index (χ2n) is 8.09. The highest BCUT2D eigenvalue weighted by Crippen LogP contribution is 2.17. The first-order valence-corrected chi connectivity index (χ1v) is 8.79. The topological polar surface area (TPSA) is 32.8 Å². The molecule has 0 unspecified atom stereocenters. The van der Waals surface area contributed by atoms with E-state index < -0.39 is 0 Å². The smallest absolute Gasteiger partial charge is 0.227 e. The minimum atomic E-state index is -0.301. The molecular weight excluding hydrogens is 276 g/mol. The van der Waals surface area contributed by atoms with Crippen molar-refractivity contribution in [2.24, 2.45) is 11.3 Å². The maximum atomic E-state index is 12.2. The Hall–Kier alpha value is -0.610. The average Bonchev–Trinajstić information content (AvgIpc) is 2.43. The Bertz CT molecular complexity index is 336. The van der Waals surface area contributed by atoms with Crippen LogP contribution in [0.3, 0.4) is 0 Å². The molecule has 1 atom stereocenters. The van der Waals surface area contributed by atoms with Crippen molar-refractivity contribution in [3.63, 3.8) is 0 Å². The van der Waals surface area contributed by atoms with Crippen molar-refractivity contribution < 1.29 is 9.53 Å². The van der Waals surface area contributed by atoms with Gasteiger partial charge in [-0.05, 0) is 31.7 Å². The molecule has 4 nitrogen and oxygen atoms in total. The highest BCUT2D eigenvalue weighted by Gasteiger charge is 2.26. The van der Waals surface area contributed by atoms with Gasteiger partial charge in [-0.2, -0.15) is 0 Å². The molecule has 1 heterocycles. The Morgan fingerprint density at radius 2 is 2.05 bits per heavy atom. The van der Waals surface area contributed by atoms with Crippen LogP contribution < -0.4 is 0 Å². The van der Waals surface area contributed by atoms with E-state index in [-0.39, 0.29) is 17.4 Å². The van der Waals surface area contributed by atoms with Crippen molar-refractivity contribution in [2.75, 3.05) is 39.8 Å². The molecule has 0 spiro atoms. The van der Waals surface area contributed by atoms with E-state index in [9.17, 15) is 4.79 Å². The molecule has 130 valence electrons. The van der Waals surface area contributed by atoms with Crippen LogP contribution >= 0.6 is 0 Å². The molecule has 1 rings (SSSR count). The number of hydrogen-bond donors (Lipinski definition) is 0. The number of morpholine rings is 1. The van der Waals surface area contributed by atoms with E-state index in [0.29, 0.717) is 0 Å². The summed E-state index contributed by atoms with van der Waals surface area (Å²) in [5.74, 6) is 0.992. The van der Waals surface area contributed by atoms with Gasteiger partial charge in [-0.3, -0.25) is 9.69 Å². The third-order valence-corrected chi connectivity index (χ3v) is 4.25. The first-order valence-electron chi connectivity index (χ1n) is 8.79. The summed E-state index contributed by atoms with van der Waals surface area (Å²) in [7, 11) is 1.90. The molecule has 22 heavy (non-hydrogen) atoms. The summed E-state index contributed by atoms with van der Waals surface area (Å²) in [6, 6.07) is 0. The van der Waals surface area contributed by atoms with Crippen LogP contribution in [0.1, 0.15) is 53.9 Å². The van der Waals surface area contributed by atoms with Crippen LogP contribution in [0.25, 0.3) is 0 Å². The lowest BCUT2D eigenvalue weighted by molar-refractivity contribution is -0.138. The first-order chi connectivity index (χ1) is 10.2. The normalized spacial score (nSPS) is 20.4. The van der Waals surface area contributed by atoms with E-state index in [0.717, 1.165) is 38.6 Å². The molecule has 1 aliphatic rings. The van der Waals surface area contributed by atoms with Gasteiger partial charge in [-0.15, -0.1) is 0 Å². The fourth-order valence-corrected chi connectivity index (χ4v) is 2.89. The fourth-order valence-electron chi connectivity index (χ4n) is 2.89. The fraction of sp³-hybridized carbons (Fsp3) is 0.944. The quantitative estimate of drug-likeness (QED) is 0.724. The first kappa shape index (κ1) is 19.4. The molecule has 0 saturated carbocycles.